The van der Waals surface area contributed by atoms with Crippen molar-refractivity contribution >= 4 is 28.6 Å². The second-order valence-electron chi connectivity index (χ2n) is 6.73. The number of carbonyl (C=O) groups excluding carboxylic acids is 1. The molecule has 2 aromatic heterocycles. The van der Waals surface area contributed by atoms with E-state index in [2.05, 4.69) is 32.6 Å². The lowest BCUT2D eigenvalue weighted by atomic mass is 10.1. The highest BCUT2D eigenvalue weighted by Crippen LogP contribution is 2.22. The van der Waals surface area contributed by atoms with E-state index in [1.165, 1.54) is 22.7 Å². The van der Waals surface area contributed by atoms with Crippen LogP contribution in [0.4, 0.5) is 0 Å². The lowest BCUT2D eigenvalue weighted by Gasteiger charge is -2.05. The van der Waals surface area contributed by atoms with Crippen molar-refractivity contribution < 1.29 is 9.53 Å². The minimum absolute atomic E-state index is 0.0131. The molecule has 0 spiro atoms. The number of methoxy groups -OCH3 is 1. The van der Waals surface area contributed by atoms with Crippen LogP contribution < -0.4 is 10.1 Å². The van der Waals surface area contributed by atoms with E-state index in [-0.39, 0.29) is 5.91 Å². The Hall–Kier alpha value is -3.32. The Kier molecular flexibility index (Phi) is 6.29. The Labute approximate surface area is 179 Å². The fraction of sp³-hybridized carbons (Fsp3) is 0.174. The van der Waals surface area contributed by atoms with Crippen molar-refractivity contribution in [3.63, 3.8) is 0 Å². The molecular weight excluding hydrogens is 396 g/mol. The van der Waals surface area contributed by atoms with E-state index in [0.717, 1.165) is 34.0 Å². The summed E-state index contributed by atoms with van der Waals surface area (Å²) < 4.78 is 5.17. The summed E-state index contributed by atoms with van der Waals surface area (Å²) in [7, 11) is 1.64. The largest absolute Gasteiger partial charge is 0.497 e. The van der Waals surface area contributed by atoms with Crippen LogP contribution in [0.1, 0.15) is 5.56 Å². The lowest BCUT2D eigenvalue weighted by Crippen LogP contribution is -2.27. The molecule has 152 valence electrons. The number of fused-ring (bicyclic) bond motifs is 1. The van der Waals surface area contributed by atoms with E-state index >= 15 is 0 Å². The number of hydrogen-bond donors (Lipinski definition) is 2. The summed E-state index contributed by atoms with van der Waals surface area (Å²) in [6, 6.07) is 19.6. The molecule has 0 unspecified atom stereocenters. The summed E-state index contributed by atoms with van der Waals surface area (Å²) in [5.41, 5.74) is 4.07. The minimum Gasteiger partial charge on any atom is -0.497 e. The molecular formula is C23H22N4O2S. The van der Waals surface area contributed by atoms with E-state index in [1.54, 1.807) is 7.11 Å². The zero-order valence-electron chi connectivity index (χ0n) is 16.6. The number of benzene rings is 2. The average Bonchev–Trinajstić information content (AvgIpc) is 3.21. The first-order valence-electron chi connectivity index (χ1n) is 9.65. The molecule has 0 saturated heterocycles. The summed E-state index contributed by atoms with van der Waals surface area (Å²) in [5, 5.41) is 13.4. The number of thioether (sulfide) groups is 1. The van der Waals surface area contributed by atoms with Gasteiger partial charge in [-0.2, -0.15) is 0 Å². The molecule has 0 aliphatic rings. The van der Waals surface area contributed by atoms with Gasteiger partial charge in [-0.3, -0.25) is 4.79 Å². The quantitative estimate of drug-likeness (QED) is 0.422. The van der Waals surface area contributed by atoms with Crippen molar-refractivity contribution in [2.75, 3.05) is 19.4 Å². The molecule has 0 saturated carbocycles. The number of hydrogen-bond acceptors (Lipinski definition) is 5. The van der Waals surface area contributed by atoms with Crippen molar-refractivity contribution in [1.82, 2.24) is 20.5 Å². The molecule has 4 aromatic rings. The highest BCUT2D eigenvalue weighted by Gasteiger charge is 2.07. The third-order valence-electron chi connectivity index (χ3n) is 4.77. The van der Waals surface area contributed by atoms with E-state index in [4.69, 9.17) is 4.74 Å². The first-order chi connectivity index (χ1) is 14.7. The Morgan fingerprint density at radius 1 is 1.07 bits per heavy atom. The van der Waals surface area contributed by atoms with Gasteiger partial charge >= 0.3 is 0 Å². The van der Waals surface area contributed by atoms with Crippen LogP contribution in [0, 0.1) is 0 Å². The Morgan fingerprint density at radius 3 is 2.67 bits per heavy atom. The van der Waals surface area contributed by atoms with Crippen LogP contribution in [0.2, 0.25) is 0 Å². The molecule has 2 heterocycles. The van der Waals surface area contributed by atoms with Crippen LogP contribution in [-0.4, -0.2) is 40.5 Å². The van der Waals surface area contributed by atoms with Crippen LogP contribution in [0.3, 0.4) is 0 Å². The molecule has 0 bridgehead atoms. The van der Waals surface area contributed by atoms with Gasteiger partial charge in [-0.05, 0) is 54.4 Å². The summed E-state index contributed by atoms with van der Waals surface area (Å²) >= 11 is 1.38. The monoisotopic (exact) mass is 418 g/mol. The van der Waals surface area contributed by atoms with Crippen LogP contribution in [0.5, 0.6) is 5.75 Å². The Balaban J connectivity index is 1.24. The molecule has 1 amide bonds. The van der Waals surface area contributed by atoms with Gasteiger partial charge in [0.2, 0.25) is 5.91 Å². The number of aromatic amines is 1. The maximum absolute atomic E-state index is 12.2. The van der Waals surface area contributed by atoms with Gasteiger partial charge in [0, 0.05) is 29.2 Å². The van der Waals surface area contributed by atoms with E-state index in [1.807, 2.05) is 54.7 Å². The molecule has 0 aliphatic heterocycles. The molecule has 2 aromatic carbocycles. The fourth-order valence-electron chi connectivity index (χ4n) is 3.18. The van der Waals surface area contributed by atoms with E-state index in [0.29, 0.717) is 12.3 Å². The number of nitrogens with zero attached hydrogens (tertiary/aromatic N) is 2. The predicted molar refractivity (Wildman–Crippen MR) is 120 cm³/mol. The number of carbonyl (C=O) groups is 1. The summed E-state index contributed by atoms with van der Waals surface area (Å²) in [6.45, 7) is 0.601. The lowest BCUT2D eigenvalue weighted by molar-refractivity contribution is -0.118. The molecule has 0 atom stereocenters. The van der Waals surface area contributed by atoms with Gasteiger partial charge in [0.15, 0.2) is 0 Å². The highest BCUT2D eigenvalue weighted by molar-refractivity contribution is 7.99. The number of aromatic nitrogens is 3. The second-order valence-corrected chi connectivity index (χ2v) is 7.73. The zero-order valence-corrected chi connectivity index (χ0v) is 17.4. The maximum Gasteiger partial charge on any atom is 0.230 e. The standard InChI is InChI=1S/C23H22N4O2S/c1-29-18-8-6-16(7-9-18)20-10-11-23(27-26-20)30-15-22(28)24-13-12-17-14-25-21-5-3-2-4-19(17)21/h2-11,14,25H,12-13,15H2,1H3,(H,24,28). The maximum atomic E-state index is 12.2. The van der Waals surface area contributed by atoms with Crippen molar-refractivity contribution in [2.24, 2.45) is 0 Å². The smallest absolute Gasteiger partial charge is 0.230 e. The average molecular weight is 419 g/mol. The van der Waals surface area contributed by atoms with Gasteiger partial charge in [0.25, 0.3) is 0 Å². The van der Waals surface area contributed by atoms with Gasteiger partial charge in [-0.15, -0.1) is 10.2 Å². The van der Waals surface area contributed by atoms with Gasteiger partial charge in [0.1, 0.15) is 10.8 Å². The normalized spacial score (nSPS) is 10.8. The number of nitrogens with one attached hydrogen (secondary N) is 2. The number of H-pyrrole nitrogens is 1. The van der Waals surface area contributed by atoms with E-state index < -0.39 is 0 Å². The number of amides is 1. The van der Waals surface area contributed by atoms with Gasteiger partial charge in [-0.1, -0.05) is 30.0 Å². The number of rotatable bonds is 8. The first kappa shape index (κ1) is 20.0. The van der Waals surface area contributed by atoms with Crippen molar-refractivity contribution in [2.45, 2.75) is 11.4 Å². The SMILES string of the molecule is COc1ccc(-c2ccc(SCC(=O)NCCc3c[nH]c4ccccc34)nn2)cc1. The van der Waals surface area contributed by atoms with Gasteiger partial charge in [-0.25, -0.2) is 0 Å². The Bertz CT molecular complexity index is 1120. The van der Waals surface area contributed by atoms with Crippen LogP contribution >= 0.6 is 11.8 Å². The molecule has 7 heteroatoms. The van der Waals surface area contributed by atoms with Crippen molar-refractivity contribution in [3.8, 4) is 17.0 Å². The molecule has 0 fully saturated rings. The predicted octanol–water partition coefficient (Wildman–Crippen LogP) is 4.08. The summed E-state index contributed by atoms with van der Waals surface area (Å²) in [6.07, 6.45) is 2.79. The Morgan fingerprint density at radius 2 is 1.90 bits per heavy atom. The molecule has 6 nitrogen and oxygen atoms in total. The van der Waals surface area contributed by atoms with E-state index in [9.17, 15) is 4.79 Å². The molecule has 0 aliphatic carbocycles. The minimum atomic E-state index is -0.0131. The summed E-state index contributed by atoms with van der Waals surface area (Å²) in [5.74, 6) is 1.10. The fourth-order valence-corrected chi connectivity index (χ4v) is 3.82. The number of ether oxygens (including phenoxy) is 1. The van der Waals surface area contributed by atoms with Crippen molar-refractivity contribution in [1.29, 1.82) is 0 Å². The molecule has 4 rings (SSSR count). The van der Waals surface area contributed by atoms with Crippen molar-refractivity contribution in [3.05, 3.63) is 72.4 Å². The molecule has 2 N–H and O–H groups in total. The van der Waals surface area contributed by atoms with Gasteiger partial charge < -0.3 is 15.0 Å². The molecule has 0 radical (unpaired) electrons. The molecule has 30 heavy (non-hydrogen) atoms. The zero-order chi connectivity index (χ0) is 20.8. The highest BCUT2D eigenvalue weighted by atomic mass is 32.2. The third-order valence-corrected chi connectivity index (χ3v) is 5.69. The third kappa shape index (κ3) is 4.80. The van der Waals surface area contributed by atoms with Crippen LogP contribution in [-0.2, 0) is 11.2 Å². The van der Waals surface area contributed by atoms with Crippen LogP contribution in [0.25, 0.3) is 22.2 Å². The first-order valence-corrected chi connectivity index (χ1v) is 10.6. The summed E-state index contributed by atoms with van der Waals surface area (Å²) in [4.78, 5) is 15.4. The topological polar surface area (TPSA) is 79.9 Å². The number of para-hydroxylation sites is 1. The second kappa shape index (κ2) is 9.45. The van der Waals surface area contributed by atoms with Crippen LogP contribution in [0.15, 0.2) is 71.9 Å². The van der Waals surface area contributed by atoms with Gasteiger partial charge in [0.05, 0.1) is 18.6 Å².